The van der Waals surface area contributed by atoms with Crippen LogP contribution in [0.4, 0.5) is 0 Å². The fraction of sp³-hybridized carbons (Fsp3) is 0.571. The average molecular weight is 1260 g/mol. The average Bonchev–Trinajstić information content (AvgIpc) is 0.665. The molecule has 0 aliphatic rings. The molecule has 0 fully saturated rings. The van der Waals surface area contributed by atoms with E-state index in [-0.39, 0.29) is 51.5 Å². The molecule has 3 unspecified atom stereocenters. The lowest BCUT2D eigenvalue weighted by Gasteiger charge is -2.26. The summed E-state index contributed by atoms with van der Waals surface area (Å²) in [7, 11) is 0. The van der Waals surface area contributed by atoms with Gasteiger partial charge in [0.05, 0.1) is 0 Å². The van der Waals surface area contributed by atoms with Crippen LogP contribution in [-0.2, 0) is 0 Å². The number of benzene rings is 8. The van der Waals surface area contributed by atoms with Gasteiger partial charge in [-0.15, -0.1) is 0 Å². The predicted molar refractivity (Wildman–Crippen MR) is 400 cm³/mol. The molecule has 0 saturated carbocycles. The molecule has 93 heavy (non-hydrogen) atoms. The third-order valence-corrected chi connectivity index (χ3v) is 22.2. The van der Waals surface area contributed by atoms with E-state index in [1.807, 2.05) is 48.5 Å². The van der Waals surface area contributed by atoms with Gasteiger partial charge in [-0.1, -0.05) is 278 Å². The first-order valence-electron chi connectivity index (χ1n) is 38.1. The Morgan fingerprint density at radius 2 is 0.441 bits per heavy atom. The molecule has 3 aromatic heterocycles. The molecule has 0 aliphatic carbocycles. The van der Waals surface area contributed by atoms with Gasteiger partial charge in [0, 0.05) is 66.6 Å². The lowest BCUT2D eigenvalue weighted by Crippen LogP contribution is -2.37. The molecule has 3 atom stereocenters. The van der Waals surface area contributed by atoms with Crippen LogP contribution in [-0.4, -0.2) is 13.7 Å². The molecule has 496 valence electrons. The molecule has 11 rings (SSSR count). The van der Waals surface area contributed by atoms with E-state index in [1.165, 1.54) is 77.0 Å². The largest absolute Gasteiger partial charge is 0.271 e. The first-order chi connectivity index (χ1) is 45.6. The summed E-state index contributed by atoms with van der Waals surface area (Å²) in [6.07, 6.45) is 41.1. The minimum Gasteiger partial charge on any atom is -0.271 e. The Hall–Kier alpha value is -6.48. The summed E-state index contributed by atoms with van der Waals surface area (Å²) in [5.41, 5.74) is -1.56. The lowest BCUT2D eigenvalue weighted by atomic mass is 9.79. The van der Waals surface area contributed by atoms with Crippen LogP contribution in [0.3, 0.4) is 0 Å². The van der Waals surface area contributed by atoms with E-state index in [4.69, 9.17) is 0 Å². The third kappa shape index (κ3) is 13.5. The standard InChI is InChI=1S/C84H109N3O6/c1-7-13-19-25-28-31-37-44-56(41-34-22-16-10-4)85-79(88)62-48-40-47-61-71(62)68(82(85)91)53-65-66-54-69-73-63(80(89)86(83(69)92)57(42-35-23-17-11-5)45-38-32-29-26-20-14-8-2)51-49-59-60-50-52-64-74-70(55-67(72(61)65)78(76(60)74)77(66)75(59)73)84(93)87(81(64)90)58(43-36-24-18-12-6)46-39-33-30-27-21-15-9-3/h40,47-58H,7-39,41-46H2,1-6H3. The zero-order valence-electron chi connectivity index (χ0n) is 57.9. The van der Waals surface area contributed by atoms with Crippen LogP contribution in [0.2, 0.25) is 0 Å². The second-order valence-corrected chi connectivity index (χ2v) is 28.8. The van der Waals surface area contributed by atoms with Crippen molar-refractivity contribution >= 4 is 108 Å². The fourth-order valence-corrected chi connectivity index (χ4v) is 17.2. The highest BCUT2D eigenvalue weighted by Crippen LogP contribution is 2.52. The fourth-order valence-electron chi connectivity index (χ4n) is 17.2. The number of nitrogens with zero attached hydrogens (tertiary/aromatic N) is 3. The van der Waals surface area contributed by atoms with Crippen LogP contribution in [0, 0.1) is 0 Å². The Morgan fingerprint density at radius 3 is 0.796 bits per heavy atom. The smallest absolute Gasteiger partial charge is 0.261 e. The van der Waals surface area contributed by atoms with Crippen molar-refractivity contribution in [3.63, 3.8) is 0 Å². The second-order valence-electron chi connectivity index (χ2n) is 28.8. The molecule has 0 spiro atoms. The highest BCUT2D eigenvalue weighted by molar-refractivity contribution is 6.50. The number of rotatable bonds is 42. The van der Waals surface area contributed by atoms with Gasteiger partial charge in [0.1, 0.15) is 0 Å². The number of fused-ring (bicyclic) bond motifs is 5. The summed E-state index contributed by atoms with van der Waals surface area (Å²) in [6, 6.07) is 19.2. The van der Waals surface area contributed by atoms with Gasteiger partial charge in [-0.05, 0) is 134 Å². The van der Waals surface area contributed by atoms with Crippen LogP contribution in [0.1, 0.15) is 310 Å². The van der Waals surface area contributed by atoms with Gasteiger partial charge < -0.3 is 0 Å². The van der Waals surface area contributed by atoms with Gasteiger partial charge in [-0.3, -0.25) is 42.5 Å². The van der Waals surface area contributed by atoms with E-state index >= 15 is 28.8 Å². The summed E-state index contributed by atoms with van der Waals surface area (Å²) in [6.45, 7) is 13.4. The van der Waals surface area contributed by atoms with Crippen molar-refractivity contribution in [2.45, 2.75) is 310 Å². The first kappa shape index (κ1) is 67.9. The predicted octanol–water partition coefficient (Wildman–Crippen LogP) is 22.9. The minimum absolute atomic E-state index is 0.244. The summed E-state index contributed by atoms with van der Waals surface area (Å²) in [5.74, 6) is 0. The quantitative estimate of drug-likeness (QED) is 0.0214. The van der Waals surface area contributed by atoms with E-state index in [9.17, 15) is 0 Å². The van der Waals surface area contributed by atoms with Crippen molar-refractivity contribution in [3.05, 3.63) is 123 Å². The second kappa shape index (κ2) is 31.8. The molecule has 11 aromatic rings. The molecule has 9 heteroatoms. The number of hydrogen-bond acceptors (Lipinski definition) is 6. The molecule has 0 aliphatic heterocycles. The van der Waals surface area contributed by atoms with Crippen LogP contribution < -0.4 is 33.4 Å². The maximum Gasteiger partial charge on any atom is 0.261 e. The van der Waals surface area contributed by atoms with Crippen LogP contribution in [0.25, 0.3) is 108 Å². The summed E-state index contributed by atoms with van der Waals surface area (Å²) in [5, 5.41) is 13.9. The van der Waals surface area contributed by atoms with E-state index in [1.54, 1.807) is 13.7 Å². The van der Waals surface area contributed by atoms with Crippen molar-refractivity contribution in [2.75, 3.05) is 0 Å². The first-order valence-corrected chi connectivity index (χ1v) is 38.1. The van der Waals surface area contributed by atoms with Crippen molar-refractivity contribution in [1.29, 1.82) is 0 Å². The molecule has 0 radical (unpaired) electrons. The van der Waals surface area contributed by atoms with Gasteiger partial charge in [0.25, 0.3) is 33.4 Å². The van der Waals surface area contributed by atoms with Crippen LogP contribution in [0.5, 0.6) is 0 Å². The van der Waals surface area contributed by atoms with Gasteiger partial charge in [0.15, 0.2) is 0 Å². The maximum atomic E-state index is 16.1. The molecule has 8 aromatic carbocycles. The Bertz CT molecular complexity index is 4650. The molecule has 0 amide bonds. The molecule has 0 bridgehead atoms. The third-order valence-electron chi connectivity index (χ3n) is 22.2. The zero-order chi connectivity index (χ0) is 65.1. The van der Waals surface area contributed by atoms with E-state index < -0.39 is 0 Å². The van der Waals surface area contributed by atoms with Gasteiger partial charge >= 0.3 is 0 Å². The molecular formula is C84H109N3O6. The SMILES string of the molecule is CCCCCCCCCC(CCCCCC)n1c(=O)c2cccc3c2c(cc2c4cc5c(=O)n(C(CCCCCC)CCCCCCCCC)c(=O)c6ccc7c8ccc9c(=O)n(C(CCCCCC)CCCCCCCCC)c(=O)c%10cc(c23)c(c8c9%10)c4c7c65)c1=O. The Labute approximate surface area is 551 Å². The van der Waals surface area contributed by atoms with Crippen molar-refractivity contribution in [1.82, 2.24) is 13.7 Å². The molecular weight excluding hydrogens is 1150 g/mol. The summed E-state index contributed by atoms with van der Waals surface area (Å²) in [4.78, 5) is 94.8. The van der Waals surface area contributed by atoms with Crippen LogP contribution >= 0.6 is 0 Å². The van der Waals surface area contributed by atoms with Crippen molar-refractivity contribution < 1.29 is 0 Å². The van der Waals surface area contributed by atoms with Crippen LogP contribution in [0.15, 0.2) is 89.4 Å². The molecule has 0 saturated heterocycles. The van der Waals surface area contributed by atoms with E-state index in [2.05, 4.69) is 53.7 Å². The minimum atomic E-state index is -0.278. The molecule has 9 nitrogen and oxygen atoms in total. The Balaban J connectivity index is 1.21. The van der Waals surface area contributed by atoms with Gasteiger partial charge in [-0.2, -0.15) is 0 Å². The number of unbranched alkanes of at least 4 members (excludes halogenated alkanes) is 27. The lowest BCUT2D eigenvalue weighted by molar-refractivity contribution is 0.382. The molecule has 0 N–H and O–H groups in total. The number of pyridine rings is 3. The van der Waals surface area contributed by atoms with Crippen molar-refractivity contribution in [2.24, 2.45) is 0 Å². The maximum absolute atomic E-state index is 16.1. The van der Waals surface area contributed by atoms with E-state index in [0.29, 0.717) is 48.5 Å². The number of hydrogen-bond donors (Lipinski definition) is 0. The Kier molecular flexibility index (Phi) is 23.3. The monoisotopic (exact) mass is 1260 g/mol. The number of aromatic nitrogens is 3. The van der Waals surface area contributed by atoms with E-state index in [0.717, 1.165) is 233 Å². The summed E-state index contributed by atoms with van der Waals surface area (Å²) >= 11 is 0. The topological polar surface area (TPSA) is 117 Å². The zero-order valence-corrected chi connectivity index (χ0v) is 57.9. The highest BCUT2D eigenvalue weighted by Gasteiger charge is 2.32. The van der Waals surface area contributed by atoms with Gasteiger partial charge in [-0.25, -0.2) is 0 Å². The Morgan fingerprint density at radius 1 is 0.215 bits per heavy atom. The normalized spacial score (nSPS) is 13.6. The van der Waals surface area contributed by atoms with Crippen molar-refractivity contribution in [3.8, 4) is 0 Å². The summed E-state index contributed by atoms with van der Waals surface area (Å²) < 4.78 is 4.89. The molecule has 3 heterocycles. The van der Waals surface area contributed by atoms with Gasteiger partial charge in [0.2, 0.25) is 0 Å². The highest BCUT2D eigenvalue weighted by atomic mass is 16.2.